The molecule has 1 aromatic heterocycles. The molecule has 216 valence electrons. The highest BCUT2D eigenvalue weighted by Crippen LogP contribution is 2.30. The van der Waals surface area contributed by atoms with Gasteiger partial charge in [0.2, 0.25) is 0 Å². The summed E-state index contributed by atoms with van der Waals surface area (Å²) in [7, 11) is 4.30. The van der Waals surface area contributed by atoms with Crippen LogP contribution in [0.25, 0.3) is 0 Å². The molecule has 2 unspecified atom stereocenters. The monoisotopic (exact) mass is 563 g/mol. The Kier molecular flexibility index (Phi) is 9.80. The van der Waals surface area contributed by atoms with Crippen LogP contribution in [0.4, 0.5) is 19.3 Å². The molecular weight excluding hydrogens is 532 g/mol. The molecule has 1 aromatic carbocycles. The summed E-state index contributed by atoms with van der Waals surface area (Å²) in [6.45, 7) is 3.67. The van der Waals surface area contributed by atoms with E-state index < -0.39 is 35.9 Å². The van der Waals surface area contributed by atoms with Crippen LogP contribution in [0.5, 0.6) is 5.75 Å². The van der Waals surface area contributed by atoms with Gasteiger partial charge in [0.25, 0.3) is 11.8 Å². The highest BCUT2D eigenvalue weighted by atomic mass is 19.1. The maximum absolute atomic E-state index is 13.9. The van der Waals surface area contributed by atoms with Crippen molar-refractivity contribution in [3.8, 4) is 5.75 Å². The second-order valence-corrected chi connectivity index (χ2v) is 8.85. The third-order valence-corrected chi connectivity index (χ3v) is 6.05. The molecule has 12 nitrogen and oxygen atoms in total. The zero-order valence-electron chi connectivity index (χ0n) is 22.7. The quantitative estimate of drug-likeness (QED) is 0.192. The van der Waals surface area contributed by atoms with E-state index in [0.29, 0.717) is 24.4 Å². The van der Waals surface area contributed by atoms with E-state index in [9.17, 15) is 28.0 Å². The van der Waals surface area contributed by atoms with Crippen LogP contribution < -0.4 is 20.7 Å². The molecule has 0 bridgehead atoms. The lowest BCUT2D eigenvalue weighted by Crippen LogP contribution is -2.23. The third kappa shape index (κ3) is 6.74. The molecule has 1 saturated heterocycles. The first-order valence-corrected chi connectivity index (χ1v) is 12.4. The smallest absolute Gasteiger partial charge is 0.322 e. The van der Waals surface area contributed by atoms with Gasteiger partial charge in [-0.05, 0) is 18.6 Å². The van der Waals surface area contributed by atoms with Crippen LogP contribution in [-0.2, 0) is 27.3 Å². The lowest BCUT2D eigenvalue weighted by molar-refractivity contribution is -0.140. The number of fused-ring (bicyclic) bond motifs is 1. The Bertz CT molecular complexity index is 1320. The number of nitrogens with zero attached hydrogens (tertiary/aromatic N) is 2. The standard InChI is InChI=1S/C16H21FN4O5.C10H10FNO2/c1-4-10-9(7-11(26-10)13-15(23)21-16(24)20-13)19-14(8(2)17)18-6-5-12(22)25-3;1-12-5-6-3-4-7(14-2)9(11)8(6)10(12)13/h7-8,13H,4-6H2,1-3H3,(H,18,19)(H2,20,21,23,24);3-4H,5H2,1-2H3. The maximum Gasteiger partial charge on any atom is 0.322 e. The largest absolute Gasteiger partial charge is 0.494 e. The van der Waals surface area contributed by atoms with Crippen LogP contribution >= 0.6 is 0 Å². The lowest BCUT2D eigenvalue weighted by atomic mass is 10.1. The Morgan fingerprint density at radius 2 is 2.02 bits per heavy atom. The maximum atomic E-state index is 13.9. The molecule has 3 N–H and O–H groups in total. The van der Waals surface area contributed by atoms with Gasteiger partial charge in [0.15, 0.2) is 23.8 Å². The number of aryl methyl sites for hydroxylation is 1. The van der Waals surface area contributed by atoms with Crippen molar-refractivity contribution >= 4 is 35.3 Å². The van der Waals surface area contributed by atoms with E-state index in [2.05, 4.69) is 25.7 Å². The molecule has 0 saturated carbocycles. The first-order valence-electron chi connectivity index (χ1n) is 12.4. The van der Waals surface area contributed by atoms with Gasteiger partial charge in [-0.3, -0.25) is 24.7 Å². The second kappa shape index (κ2) is 13.0. The highest BCUT2D eigenvalue weighted by molar-refractivity contribution is 6.04. The Labute approximate surface area is 229 Å². The number of imide groups is 1. The number of carbonyl (C=O) groups is 4. The number of aliphatic imine (C=N–C) groups is 1. The minimum absolute atomic E-state index is 0.0239. The van der Waals surface area contributed by atoms with Crippen molar-refractivity contribution in [2.45, 2.75) is 45.4 Å². The van der Waals surface area contributed by atoms with Gasteiger partial charge in [-0.2, -0.15) is 0 Å². The van der Waals surface area contributed by atoms with Crippen LogP contribution in [0, 0.1) is 5.82 Å². The molecule has 0 radical (unpaired) electrons. The highest BCUT2D eigenvalue weighted by Gasteiger charge is 2.34. The average molecular weight is 564 g/mol. The van der Waals surface area contributed by atoms with Gasteiger partial charge in [0.05, 0.1) is 38.4 Å². The van der Waals surface area contributed by atoms with Crippen LogP contribution in [0.3, 0.4) is 0 Å². The summed E-state index contributed by atoms with van der Waals surface area (Å²) >= 11 is 0. The van der Waals surface area contributed by atoms with Crippen LogP contribution in [0.1, 0.15) is 53.8 Å². The lowest BCUT2D eigenvalue weighted by Gasteiger charge is -2.10. The van der Waals surface area contributed by atoms with Gasteiger partial charge in [-0.25, -0.2) is 13.6 Å². The minimum Gasteiger partial charge on any atom is -0.494 e. The molecule has 2 atom stereocenters. The fourth-order valence-electron chi connectivity index (χ4n) is 3.99. The van der Waals surface area contributed by atoms with Crippen molar-refractivity contribution < 1.29 is 41.8 Å². The number of hydrogen-bond donors (Lipinski definition) is 3. The number of hydrogen-bond acceptors (Lipinski definition) is 8. The number of furan rings is 1. The van der Waals surface area contributed by atoms with E-state index in [1.165, 1.54) is 32.1 Å². The van der Waals surface area contributed by atoms with Gasteiger partial charge in [0.1, 0.15) is 17.4 Å². The minimum atomic E-state index is -1.41. The molecule has 14 heteroatoms. The molecule has 40 heavy (non-hydrogen) atoms. The number of ether oxygens (including phenoxy) is 2. The fraction of sp³-hybridized carbons (Fsp3) is 0.423. The van der Waals surface area contributed by atoms with Gasteiger partial charge in [0, 0.05) is 26.1 Å². The van der Waals surface area contributed by atoms with Gasteiger partial charge < -0.3 is 29.4 Å². The number of rotatable bonds is 8. The molecule has 4 amide bonds. The number of anilines is 1. The average Bonchev–Trinajstić information content (AvgIpc) is 3.57. The molecule has 4 rings (SSSR count). The molecule has 2 aliphatic rings. The van der Waals surface area contributed by atoms with Crippen molar-refractivity contribution in [3.05, 3.63) is 46.7 Å². The van der Waals surface area contributed by atoms with E-state index in [4.69, 9.17) is 9.15 Å². The van der Waals surface area contributed by atoms with Gasteiger partial charge in [-0.15, -0.1) is 0 Å². The molecule has 2 aliphatic heterocycles. The summed E-state index contributed by atoms with van der Waals surface area (Å²) in [4.78, 5) is 51.2. The summed E-state index contributed by atoms with van der Waals surface area (Å²) in [6, 6.07) is 3.24. The SMILES string of the molecule is CCc1oc(C2NC(=O)NC2=O)cc1NC(=NCCC(=O)OC)C(C)F.COc1ccc2c(c1F)C(=O)N(C)C2. The number of alkyl halides is 1. The van der Waals surface area contributed by atoms with Crippen LogP contribution in [-0.4, -0.2) is 68.5 Å². The Balaban J connectivity index is 0.000000263. The molecule has 2 aromatic rings. The number of amides is 4. The van der Waals surface area contributed by atoms with E-state index in [1.807, 2.05) is 6.92 Å². The number of nitrogens with one attached hydrogen (secondary N) is 3. The Morgan fingerprint density at radius 3 is 2.60 bits per heavy atom. The van der Waals surface area contributed by atoms with Crippen LogP contribution in [0.2, 0.25) is 0 Å². The zero-order valence-corrected chi connectivity index (χ0v) is 22.7. The van der Waals surface area contributed by atoms with Crippen molar-refractivity contribution in [1.29, 1.82) is 0 Å². The van der Waals surface area contributed by atoms with Crippen molar-refractivity contribution in [1.82, 2.24) is 15.5 Å². The summed E-state index contributed by atoms with van der Waals surface area (Å²) < 4.78 is 42.4. The fourth-order valence-corrected chi connectivity index (χ4v) is 3.99. The molecule has 0 aliphatic carbocycles. The van der Waals surface area contributed by atoms with Gasteiger partial charge >= 0.3 is 12.0 Å². The van der Waals surface area contributed by atoms with E-state index in [-0.39, 0.29) is 41.8 Å². The first kappa shape index (κ1) is 30.1. The molecule has 1 fully saturated rings. The number of methoxy groups -OCH3 is 2. The third-order valence-electron chi connectivity index (χ3n) is 6.05. The van der Waals surface area contributed by atoms with Crippen molar-refractivity contribution in [2.24, 2.45) is 4.99 Å². The molecule has 3 heterocycles. The predicted molar refractivity (Wildman–Crippen MR) is 139 cm³/mol. The summed E-state index contributed by atoms with van der Waals surface area (Å²) in [5.74, 6) is -0.950. The number of halogens is 2. The van der Waals surface area contributed by atoms with Crippen LogP contribution in [0.15, 0.2) is 27.6 Å². The summed E-state index contributed by atoms with van der Waals surface area (Å²) in [6.07, 6.45) is -0.911. The summed E-state index contributed by atoms with van der Waals surface area (Å²) in [5.41, 5.74) is 1.31. The Hall–Kier alpha value is -4.49. The van der Waals surface area contributed by atoms with Crippen molar-refractivity contribution in [2.75, 3.05) is 33.1 Å². The van der Waals surface area contributed by atoms with Gasteiger partial charge in [-0.1, -0.05) is 13.0 Å². The Morgan fingerprint density at radius 1 is 1.30 bits per heavy atom. The topological polar surface area (TPSA) is 152 Å². The molecular formula is C26H31F2N5O7. The zero-order chi connectivity index (χ0) is 29.6. The van der Waals surface area contributed by atoms with Crippen molar-refractivity contribution in [3.63, 3.8) is 0 Å². The number of amidine groups is 1. The second-order valence-electron chi connectivity index (χ2n) is 8.85. The van der Waals surface area contributed by atoms with E-state index >= 15 is 0 Å². The predicted octanol–water partition coefficient (Wildman–Crippen LogP) is 2.87. The van der Waals surface area contributed by atoms with E-state index in [0.717, 1.165) is 5.56 Å². The first-order chi connectivity index (χ1) is 19.0. The molecule has 0 spiro atoms. The van der Waals surface area contributed by atoms with E-state index in [1.54, 1.807) is 19.2 Å². The number of carbonyl (C=O) groups excluding carboxylic acids is 4. The number of benzene rings is 1. The number of urea groups is 1. The number of esters is 1. The normalized spacial score (nSPS) is 17.0. The summed E-state index contributed by atoms with van der Waals surface area (Å²) in [5, 5.41) is 7.40.